The molecule has 5 heteroatoms. The Morgan fingerprint density at radius 1 is 0.941 bits per heavy atom. The molecule has 0 heterocycles. The summed E-state index contributed by atoms with van der Waals surface area (Å²) >= 11 is 0. The third kappa shape index (κ3) is 5.82. The van der Waals surface area contributed by atoms with Crippen molar-refractivity contribution in [3.8, 4) is 11.5 Å². The Morgan fingerprint density at radius 2 is 1.62 bits per heavy atom. The van der Waals surface area contributed by atoms with E-state index in [0.717, 1.165) is 24.0 Å². The number of ether oxygens (including phenoxy) is 1. The maximum absolute atomic E-state index is 12.6. The molecular formula is C29H38N2O3. The number of benzene rings is 3. The molecule has 3 rings (SSSR count). The average Bonchev–Trinajstić information content (AvgIpc) is 2.77. The highest BCUT2D eigenvalue weighted by Crippen LogP contribution is 2.36. The first-order chi connectivity index (χ1) is 15.9. The Kier molecular flexibility index (Phi) is 7.44. The predicted molar refractivity (Wildman–Crippen MR) is 141 cm³/mol. The van der Waals surface area contributed by atoms with E-state index in [1.807, 2.05) is 18.2 Å². The molecule has 0 saturated carbocycles. The topological polar surface area (TPSA) is 84.6 Å². The number of carbonyl (C=O) groups is 1. The molecule has 5 nitrogen and oxygen atoms in total. The number of phenols is 1. The molecule has 0 atom stereocenters. The van der Waals surface area contributed by atoms with Crippen LogP contribution in [0.4, 0.5) is 5.69 Å². The van der Waals surface area contributed by atoms with Crippen molar-refractivity contribution in [2.24, 2.45) is 0 Å². The van der Waals surface area contributed by atoms with Crippen LogP contribution in [-0.2, 0) is 10.8 Å². The number of aromatic hydroxyl groups is 1. The molecule has 0 aromatic heterocycles. The lowest BCUT2D eigenvalue weighted by Gasteiger charge is -2.27. The van der Waals surface area contributed by atoms with Crippen molar-refractivity contribution in [1.29, 1.82) is 0 Å². The van der Waals surface area contributed by atoms with Crippen LogP contribution in [0.5, 0.6) is 11.5 Å². The summed E-state index contributed by atoms with van der Waals surface area (Å²) in [6, 6.07) is 15.3. The van der Waals surface area contributed by atoms with Gasteiger partial charge in [0.25, 0.3) is 5.91 Å². The molecule has 0 unspecified atom stereocenters. The van der Waals surface area contributed by atoms with Gasteiger partial charge >= 0.3 is 0 Å². The largest absolute Gasteiger partial charge is 0.506 e. The number of fused-ring (bicyclic) bond motifs is 1. The number of phenolic OH excluding ortho intramolecular Hbond substituents is 1. The summed E-state index contributed by atoms with van der Waals surface area (Å²) < 4.78 is 6.14. The minimum Gasteiger partial charge on any atom is -0.506 e. The minimum absolute atomic E-state index is 0.0196. The summed E-state index contributed by atoms with van der Waals surface area (Å²) in [6.45, 7) is 14.3. The van der Waals surface area contributed by atoms with E-state index in [-0.39, 0.29) is 28.1 Å². The van der Waals surface area contributed by atoms with Crippen molar-refractivity contribution in [3.05, 3.63) is 65.2 Å². The molecule has 182 valence electrons. The zero-order valence-electron chi connectivity index (χ0n) is 21.3. The fourth-order valence-corrected chi connectivity index (χ4v) is 3.98. The summed E-state index contributed by atoms with van der Waals surface area (Å²) in [5, 5.41) is 14.7. The molecule has 0 fully saturated rings. The van der Waals surface area contributed by atoms with Gasteiger partial charge in [-0.1, -0.05) is 77.9 Å². The van der Waals surface area contributed by atoms with E-state index in [2.05, 4.69) is 65.1 Å². The Labute approximate surface area is 203 Å². The van der Waals surface area contributed by atoms with E-state index in [1.54, 1.807) is 6.07 Å². The van der Waals surface area contributed by atoms with Crippen molar-refractivity contribution in [1.82, 2.24) is 5.32 Å². The first kappa shape index (κ1) is 25.4. The normalized spacial score (nSPS) is 12.1. The number of unbranched alkanes of at least 4 members (excludes halogenated alkanes) is 1. The first-order valence-electron chi connectivity index (χ1n) is 12.0. The SMILES string of the molecule is CC(C)(C)c1ccc(OCCCCNC(=O)c2cc(N)c3ccccc3c2O)c(C(C)(C)C)c1. The van der Waals surface area contributed by atoms with Crippen LogP contribution in [0.25, 0.3) is 10.8 Å². The molecule has 4 N–H and O–H groups in total. The van der Waals surface area contributed by atoms with Gasteiger partial charge in [-0.15, -0.1) is 0 Å². The van der Waals surface area contributed by atoms with Crippen LogP contribution in [0.2, 0.25) is 0 Å². The van der Waals surface area contributed by atoms with Crippen LogP contribution in [0, 0.1) is 0 Å². The van der Waals surface area contributed by atoms with Crippen LogP contribution in [0.3, 0.4) is 0 Å². The number of hydrogen-bond acceptors (Lipinski definition) is 4. The van der Waals surface area contributed by atoms with Gasteiger partial charge < -0.3 is 20.9 Å². The lowest BCUT2D eigenvalue weighted by atomic mass is 9.80. The molecule has 0 aliphatic heterocycles. The van der Waals surface area contributed by atoms with Gasteiger partial charge in [0.2, 0.25) is 0 Å². The molecule has 0 saturated heterocycles. The Bertz CT molecular complexity index is 1170. The van der Waals surface area contributed by atoms with Gasteiger partial charge in [-0.25, -0.2) is 0 Å². The maximum atomic E-state index is 12.6. The van der Waals surface area contributed by atoms with E-state index in [4.69, 9.17) is 10.5 Å². The highest BCUT2D eigenvalue weighted by molar-refractivity contribution is 6.07. The molecule has 0 aliphatic carbocycles. The van der Waals surface area contributed by atoms with Crippen LogP contribution >= 0.6 is 0 Å². The standard InChI is InChI=1S/C29H38N2O3/c1-28(2,3)19-13-14-25(23(17-19)29(4,5)6)34-16-10-9-15-31-27(33)22-18-24(30)20-11-7-8-12-21(20)26(22)32/h7-8,11-14,17-18,32H,9-10,15-16,30H2,1-6H3,(H,31,33). The van der Waals surface area contributed by atoms with Gasteiger partial charge in [-0.05, 0) is 46.9 Å². The number of hydrogen-bond donors (Lipinski definition) is 3. The summed E-state index contributed by atoms with van der Waals surface area (Å²) in [4.78, 5) is 12.6. The fourth-order valence-electron chi connectivity index (χ4n) is 3.98. The van der Waals surface area contributed by atoms with Gasteiger partial charge in [0, 0.05) is 23.0 Å². The molecular weight excluding hydrogens is 424 g/mol. The highest BCUT2D eigenvalue weighted by atomic mass is 16.5. The van der Waals surface area contributed by atoms with Crippen molar-refractivity contribution >= 4 is 22.4 Å². The number of nitrogen functional groups attached to an aromatic ring is 1. The zero-order valence-corrected chi connectivity index (χ0v) is 21.3. The Balaban J connectivity index is 1.55. The quantitative estimate of drug-likeness (QED) is 0.218. The summed E-state index contributed by atoms with van der Waals surface area (Å²) in [6.07, 6.45) is 1.57. The molecule has 0 bridgehead atoms. The smallest absolute Gasteiger partial charge is 0.255 e. The maximum Gasteiger partial charge on any atom is 0.255 e. The third-order valence-electron chi connectivity index (χ3n) is 6.06. The fraction of sp³-hybridized carbons (Fsp3) is 0.414. The second-order valence-electron chi connectivity index (χ2n) is 10.9. The van der Waals surface area contributed by atoms with E-state index in [0.29, 0.717) is 24.2 Å². The number of nitrogens with one attached hydrogen (secondary N) is 1. The first-order valence-corrected chi connectivity index (χ1v) is 12.0. The number of nitrogens with two attached hydrogens (primary N) is 1. The van der Waals surface area contributed by atoms with Crippen LogP contribution in [-0.4, -0.2) is 24.2 Å². The molecule has 0 aliphatic rings. The van der Waals surface area contributed by atoms with E-state index < -0.39 is 0 Å². The van der Waals surface area contributed by atoms with Gasteiger partial charge in [-0.2, -0.15) is 0 Å². The van der Waals surface area contributed by atoms with E-state index >= 15 is 0 Å². The predicted octanol–water partition coefficient (Wildman–Crippen LogP) is 6.31. The van der Waals surface area contributed by atoms with Gasteiger partial charge in [0.15, 0.2) is 0 Å². The number of anilines is 1. The van der Waals surface area contributed by atoms with Gasteiger partial charge in [0.1, 0.15) is 11.5 Å². The van der Waals surface area contributed by atoms with E-state index in [1.165, 1.54) is 17.2 Å². The zero-order chi connectivity index (χ0) is 25.1. The number of rotatable bonds is 7. The molecule has 0 radical (unpaired) electrons. The van der Waals surface area contributed by atoms with Crippen molar-refractivity contribution in [2.75, 3.05) is 18.9 Å². The second kappa shape index (κ2) is 9.96. The molecule has 34 heavy (non-hydrogen) atoms. The second-order valence-corrected chi connectivity index (χ2v) is 10.9. The van der Waals surface area contributed by atoms with E-state index in [9.17, 15) is 9.90 Å². The Hall–Kier alpha value is -3.21. The lowest BCUT2D eigenvalue weighted by molar-refractivity contribution is 0.0950. The van der Waals surface area contributed by atoms with Gasteiger partial charge in [-0.3, -0.25) is 4.79 Å². The monoisotopic (exact) mass is 462 g/mol. The van der Waals surface area contributed by atoms with Crippen LogP contribution in [0.15, 0.2) is 48.5 Å². The number of carbonyl (C=O) groups excluding carboxylic acids is 1. The minimum atomic E-state index is -0.330. The average molecular weight is 463 g/mol. The molecule has 1 amide bonds. The molecule has 3 aromatic rings. The van der Waals surface area contributed by atoms with Gasteiger partial charge in [0.05, 0.1) is 12.2 Å². The Morgan fingerprint density at radius 3 is 2.26 bits per heavy atom. The van der Waals surface area contributed by atoms with Crippen LogP contribution < -0.4 is 15.8 Å². The van der Waals surface area contributed by atoms with Crippen molar-refractivity contribution in [2.45, 2.75) is 65.2 Å². The molecule has 0 spiro atoms. The third-order valence-corrected chi connectivity index (χ3v) is 6.06. The van der Waals surface area contributed by atoms with Crippen LogP contribution in [0.1, 0.15) is 75.9 Å². The van der Waals surface area contributed by atoms with Crippen molar-refractivity contribution < 1.29 is 14.6 Å². The number of amides is 1. The molecule has 3 aromatic carbocycles. The summed E-state index contributed by atoms with van der Waals surface area (Å²) in [5.41, 5.74) is 9.32. The summed E-state index contributed by atoms with van der Waals surface area (Å²) in [7, 11) is 0. The highest BCUT2D eigenvalue weighted by Gasteiger charge is 2.23. The lowest BCUT2D eigenvalue weighted by Crippen LogP contribution is -2.25. The van der Waals surface area contributed by atoms with Crippen molar-refractivity contribution in [3.63, 3.8) is 0 Å². The summed E-state index contributed by atoms with van der Waals surface area (Å²) in [5.74, 6) is 0.545.